The van der Waals surface area contributed by atoms with Crippen molar-refractivity contribution in [3.8, 4) is 0 Å². The number of hydrogen-bond acceptors (Lipinski definition) is 0. The van der Waals surface area contributed by atoms with E-state index in [4.69, 9.17) is 0 Å². The standard InChI is InChI=1S/C8H16Si3/c1-11(10-9)7-8-5-3-2-4-6-8/h2-6,11H,7,10H2,1,9H3. The van der Waals surface area contributed by atoms with E-state index in [1.807, 2.05) is 0 Å². The molecule has 1 rings (SSSR count). The van der Waals surface area contributed by atoms with Crippen LogP contribution in [0.15, 0.2) is 30.3 Å². The number of rotatable bonds is 3. The Balaban J connectivity index is 2.51. The van der Waals surface area contributed by atoms with E-state index in [9.17, 15) is 0 Å². The molecule has 0 heterocycles. The summed E-state index contributed by atoms with van der Waals surface area (Å²) in [7, 11) is 1.80. The zero-order valence-electron chi connectivity index (χ0n) is 7.38. The Morgan fingerprint density at radius 1 is 1.36 bits per heavy atom. The normalized spacial score (nSPS) is 14.3. The molecule has 11 heavy (non-hydrogen) atoms. The van der Waals surface area contributed by atoms with Crippen molar-refractivity contribution in [2.75, 3.05) is 0 Å². The smallest absolute Gasteiger partial charge is 0.0225 e. The molecule has 0 bridgehead atoms. The lowest BCUT2D eigenvalue weighted by molar-refractivity contribution is 1.38. The van der Waals surface area contributed by atoms with Gasteiger partial charge in [0.1, 0.15) is 0 Å². The van der Waals surface area contributed by atoms with Gasteiger partial charge in [0.05, 0.1) is 0 Å². The Morgan fingerprint density at radius 3 is 2.55 bits per heavy atom. The lowest BCUT2D eigenvalue weighted by atomic mass is 10.2. The summed E-state index contributed by atoms with van der Waals surface area (Å²) in [5.74, 6) is 0. The van der Waals surface area contributed by atoms with Gasteiger partial charge in [-0.2, -0.15) is 0 Å². The SMILES string of the molecule is C[SiH](Cc1ccccc1)[SiH2][SiH3]. The molecule has 0 aliphatic heterocycles. The van der Waals surface area contributed by atoms with Gasteiger partial charge in [0.25, 0.3) is 0 Å². The Hall–Kier alpha value is -0.129. The first-order valence-electron chi connectivity index (χ1n) is 4.37. The highest BCUT2D eigenvalue weighted by molar-refractivity contribution is 7.30. The summed E-state index contributed by atoms with van der Waals surface area (Å²) in [4.78, 5) is 0. The van der Waals surface area contributed by atoms with Gasteiger partial charge in [0, 0.05) is 8.31 Å². The molecule has 0 N–H and O–H groups in total. The zero-order valence-corrected chi connectivity index (χ0v) is 11.9. The fraction of sp³-hybridized carbons (Fsp3) is 0.250. The molecule has 0 aliphatic carbocycles. The molecule has 1 unspecified atom stereocenters. The van der Waals surface area contributed by atoms with Crippen molar-refractivity contribution in [1.82, 2.24) is 0 Å². The highest BCUT2D eigenvalue weighted by Gasteiger charge is 2.00. The van der Waals surface area contributed by atoms with Crippen LogP contribution in [-0.2, 0) is 6.04 Å². The van der Waals surface area contributed by atoms with Crippen LogP contribution in [0.25, 0.3) is 0 Å². The average molecular weight is 196 g/mol. The molecule has 0 aromatic heterocycles. The fourth-order valence-electron chi connectivity index (χ4n) is 1.16. The van der Waals surface area contributed by atoms with Crippen LogP contribution < -0.4 is 0 Å². The molecular weight excluding hydrogens is 180 g/mol. The highest BCUT2D eigenvalue weighted by Crippen LogP contribution is 2.00. The van der Waals surface area contributed by atoms with Crippen molar-refractivity contribution in [2.24, 2.45) is 0 Å². The summed E-state index contributed by atoms with van der Waals surface area (Å²) in [6, 6.07) is 12.4. The largest absolute Gasteiger partial charge is 0.0743 e. The summed E-state index contributed by atoms with van der Waals surface area (Å²) in [6.07, 6.45) is 0. The number of benzene rings is 1. The molecule has 0 nitrogen and oxygen atoms in total. The summed E-state index contributed by atoms with van der Waals surface area (Å²) in [5, 5.41) is 0. The van der Waals surface area contributed by atoms with Gasteiger partial charge in [0.2, 0.25) is 0 Å². The Labute approximate surface area is 75.5 Å². The molecule has 1 aromatic rings. The quantitative estimate of drug-likeness (QED) is 0.576. The van der Waals surface area contributed by atoms with Crippen LogP contribution in [0.1, 0.15) is 5.56 Å². The van der Waals surface area contributed by atoms with Crippen molar-refractivity contribution in [1.29, 1.82) is 0 Å². The second kappa shape index (κ2) is 4.69. The van der Waals surface area contributed by atoms with Gasteiger partial charge in [-0.05, 0) is 24.4 Å². The van der Waals surface area contributed by atoms with E-state index in [1.165, 1.54) is 15.8 Å². The summed E-state index contributed by atoms with van der Waals surface area (Å²) >= 11 is 0. The molecule has 0 amide bonds. The molecule has 0 saturated carbocycles. The molecular formula is C8H16Si3. The van der Waals surface area contributed by atoms with Gasteiger partial charge in [-0.1, -0.05) is 42.4 Å². The predicted molar refractivity (Wildman–Crippen MR) is 61.6 cm³/mol. The summed E-state index contributed by atoms with van der Waals surface area (Å²) in [5.41, 5.74) is 1.58. The van der Waals surface area contributed by atoms with Crippen molar-refractivity contribution < 1.29 is 0 Å². The highest BCUT2D eigenvalue weighted by atomic mass is 29.5. The van der Waals surface area contributed by atoms with Gasteiger partial charge >= 0.3 is 0 Å². The maximum Gasteiger partial charge on any atom is 0.0225 e. The predicted octanol–water partition coefficient (Wildman–Crippen LogP) is -0.429. The third-order valence-electron chi connectivity index (χ3n) is 2.12. The van der Waals surface area contributed by atoms with Gasteiger partial charge in [-0.25, -0.2) is 0 Å². The lowest BCUT2D eigenvalue weighted by Crippen LogP contribution is -2.21. The third kappa shape index (κ3) is 3.18. The second-order valence-corrected chi connectivity index (χ2v) is 20.6. The molecule has 0 aliphatic rings. The van der Waals surface area contributed by atoms with Gasteiger partial charge < -0.3 is 0 Å². The second-order valence-electron chi connectivity index (χ2n) is 3.20. The van der Waals surface area contributed by atoms with Gasteiger partial charge in [0.15, 0.2) is 0 Å². The van der Waals surface area contributed by atoms with E-state index in [0.29, 0.717) is 8.55 Å². The minimum atomic E-state index is -0.207. The zero-order chi connectivity index (χ0) is 8.10. The molecule has 0 spiro atoms. The first-order chi connectivity index (χ1) is 5.33. The van der Waals surface area contributed by atoms with E-state index < -0.39 is 0 Å². The van der Waals surface area contributed by atoms with Crippen LogP contribution in [0, 0.1) is 0 Å². The van der Waals surface area contributed by atoms with Crippen LogP contribution in [0.2, 0.25) is 6.55 Å². The molecule has 0 radical (unpaired) electrons. The monoisotopic (exact) mass is 196 g/mol. The Kier molecular flexibility index (Phi) is 3.82. The first-order valence-corrected chi connectivity index (χ1v) is 15.3. The average Bonchev–Trinajstić information content (AvgIpc) is 2.06. The van der Waals surface area contributed by atoms with E-state index >= 15 is 0 Å². The maximum absolute atomic E-state index is 2.53. The molecule has 0 fully saturated rings. The van der Waals surface area contributed by atoms with E-state index in [1.54, 1.807) is 5.56 Å². The van der Waals surface area contributed by atoms with Crippen LogP contribution in [-0.4, -0.2) is 26.6 Å². The minimum Gasteiger partial charge on any atom is -0.0743 e. The van der Waals surface area contributed by atoms with Gasteiger partial charge in [-0.15, -0.1) is 0 Å². The fourth-order valence-corrected chi connectivity index (χ4v) is 6.99. The lowest BCUT2D eigenvalue weighted by Gasteiger charge is -2.04. The molecule has 3 heteroatoms. The van der Waals surface area contributed by atoms with Crippen LogP contribution >= 0.6 is 0 Å². The summed E-state index contributed by atoms with van der Waals surface area (Å²) < 4.78 is 0. The Bertz CT molecular complexity index is 198. The van der Waals surface area contributed by atoms with Gasteiger partial charge in [-0.3, -0.25) is 0 Å². The molecule has 1 atom stereocenters. The van der Waals surface area contributed by atoms with Crippen LogP contribution in [0.4, 0.5) is 0 Å². The molecule has 60 valence electrons. The maximum atomic E-state index is 2.53. The van der Waals surface area contributed by atoms with E-state index in [-0.39, 0.29) is 8.31 Å². The van der Waals surface area contributed by atoms with E-state index in [0.717, 1.165) is 0 Å². The summed E-state index contributed by atoms with van der Waals surface area (Å²) in [6.45, 7) is 2.53. The molecule has 1 aromatic carbocycles. The first kappa shape index (κ1) is 8.96. The van der Waals surface area contributed by atoms with Crippen molar-refractivity contribution >= 4 is 26.6 Å². The van der Waals surface area contributed by atoms with E-state index in [2.05, 4.69) is 36.9 Å². The third-order valence-corrected chi connectivity index (χ3v) is 22.3. The van der Waals surface area contributed by atoms with Crippen LogP contribution in [0.3, 0.4) is 0 Å². The van der Waals surface area contributed by atoms with Crippen molar-refractivity contribution in [3.05, 3.63) is 35.9 Å². The minimum absolute atomic E-state index is 0.207. The van der Waals surface area contributed by atoms with Crippen molar-refractivity contribution in [2.45, 2.75) is 12.6 Å². The topological polar surface area (TPSA) is 0 Å². The molecule has 0 saturated heterocycles. The van der Waals surface area contributed by atoms with Crippen molar-refractivity contribution in [3.63, 3.8) is 0 Å². The van der Waals surface area contributed by atoms with Crippen LogP contribution in [0.5, 0.6) is 0 Å². The number of hydrogen-bond donors (Lipinski definition) is 0. The Morgan fingerprint density at radius 2 is 2.00 bits per heavy atom.